The van der Waals surface area contributed by atoms with Crippen LogP contribution in [0.1, 0.15) is 0 Å². The molecule has 0 saturated carbocycles. The van der Waals surface area contributed by atoms with E-state index in [0.717, 1.165) is 0 Å². The molecule has 32 heavy (non-hydrogen) atoms. The van der Waals surface area contributed by atoms with Gasteiger partial charge in [0.25, 0.3) is 63.0 Å². The maximum absolute atomic E-state index is 10.1. The molecule has 0 amide bonds. The molecule has 0 bridgehead atoms. The van der Waals surface area contributed by atoms with Crippen molar-refractivity contribution in [3.63, 3.8) is 0 Å². The molecule has 0 unspecified atom stereocenters. The quantitative estimate of drug-likeness (QED) is 0.130. The predicted molar refractivity (Wildman–Crippen MR) is 71.1 cm³/mol. The molecule has 200 valence electrons. The fraction of sp³-hybridized carbons (Fsp3) is 0. The maximum Gasteiger partial charge on any atom is 4.00 e. The van der Waals surface area contributed by atoms with E-state index >= 15 is 0 Å². The van der Waals surface area contributed by atoms with Gasteiger partial charge in [-0.05, 0) is 0 Å². The van der Waals surface area contributed by atoms with Crippen LogP contribution in [0.4, 0.5) is 23.3 Å². The van der Waals surface area contributed by atoms with Gasteiger partial charge in [-0.1, -0.05) is 0 Å². The summed E-state index contributed by atoms with van der Waals surface area (Å²) < 4.78 is 212. The van der Waals surface area contributed by atoms with Gasteiger partial charge in [-0.25, -0.2) is 50.5 Å². The van der Waals surface area contributed by atoms with Crippen LogP contribution in [0.3, 0.4) is 0 Å². The summed E-state index contributed by atoms with van der Waals surface area (Å²) in [6.07, 6.45) is 0. The van der Waals surface area contributed by atoms with Crippen molar-refractivity contribution in [3.05, 3.63) is 0 Å². The first-order valence-electron chi connectivity index (χ1n) is 3.93. The average molecular weight is 706 g/mol. The molecule has 0 spiro atoms. The molecule has 0 atom stereocenters. The first-order chi connectivity index (χ1) is 12.0. The molecule has 4 N–H and O–H groups in total. The van der Waals surface area contributed by atoms with Crippen LogP contribution in [0.15, 0.2) is 0 Å². The molecule has 19 nitrogen and oxygen atoms in total. The van der Waals surface area contributed by atoms with E-state index < -0.39 is 63.0 Å². The molecule has 0 aliphatic rings. The van der Waals surface area contributed by atoms with Gasteiger partial charge in [-0.3, -0.25) is 0 Å². The van der Waals surface area contributed by atoms with E-state index in [0.29, 0.717) is 0 Å². The summed E-state index contributed by atoms with van der Waals surface area (Å²) in [4.78, 5) is 0. The van der Waals surface area contributed by atoms with Crippen molar-refractivity contribution >= 4 is 63.0 Å². The predicted octanol–water partition coefficient (Wildman–Crippen LogP) is -4.70. The Bertz CT molecular complexity index is 780. The van der Waals surface area contributed by atoms with E-state index in [-0.39, 0.29) is 31.7 Å². The number of hydrogen-bond donors (Lipinski definition) is 0. The first kappa shape index (κ1) is 53.3. The number of hydrogen-bond acceptors (Lipinski definition) is 18. The van der Waals surface area contributed by atoms with Crippen molar-refractivity contribution in [1.29, 1.82) is 0 Å². The van der Waals surface area contributed by atoms with Crippen LogP contribution in [0, 0.1) is 0 Å². The van der Waals surface area contributed by atoms with Crippen LogP contribution in [-0.4, -0.2) is 77.8 Å². The summed E-state index contributed by atoms with van der Waals surface area (Å²) in [5.74, 6) is 0. The monoisotopic (exact) mass is 704 g/mol. The summed E-state index contributed by atoms with van der Waals surface area (Å²) in [6.45, 7) is 0. The zero-order valence-corrected chi connectivity index (χ0v) is 20.6. The van der Waals surface area contributed by atoms with Gasteiger partial charge in [0, 0.05) is 0 Å². The molecular weight excluding hydrogens is 702 g/mol. The Balaban J connectivity index is -0.0000000356. The second-order valence-corrected chi connectivity index (χ2v) is 7.08. The van der Waals surface area contributed by atoms with Crippen LogP contribution >= 0.6 is 0 Å². The Labute approximate surface area is 195 Å². The Morgan fingerprint density at radius 1 is 0.312 bits per heavy atom. The minimum absolute atomic E-state index is 0. The molecule has 0 radical (unpaired) electrons. The summed E-state index contributed by atoms with van der Waals surface area (Å²) in [5.41, 5.74) is 0. The average Bonchev–Trinajstić information content (AvgIpc) is 1.94. The molecule has 0 saturated heterocycles. The van der Waals surface area contributed by atoms with Crippen molar-refractivity contribution in [1.82, 2.24) is 0 Å². The molecule has 0 aromatic carbocycles. The SMILES string of the molecule is O=S(=O)([O-])F.O=S(=O)([O-])F.O=S(=O)([O-])F.O=S(=O)([O-])F.O=S(=O)([O-])F.O=S(=O)([O-])F.[OH4+2].[Zr+4]. The van der Waals surface area contributed by atoms with E-state index in [9.17, 15) is 23.3 Å². The third-order valence-electron chi connectivity index (χ3n) is 0. The van der Waals surface area contributed by atoms with Gasteiger partial charge < -0.3 is 32.8 Å². The van der Waals surface area contributed by atoms with Crippen molar-refractivity contribution in [3.8, 4) is 0 Å². The Kier molecular flexibility index (Phi) is 35.7. The van der Waals surface area contributed by atoms with Gasteiger partial charge in [-0.15, -0.1) is 23.3 Å². The second kappa shape index (κ2) is 21.4. The molecular formula is H4F6O19S6Zr. The molecule has 0 aromatic rings. The van der Waals surface area contributed by atoms with Crippen LogP contribution in [0.5, 0.6) is 0 Å². The third-order valence-corrected chi connectivity index (χ3v) is 0. The van der Waals surface area contributed by atoms with Gasteiger partial charge in [0.1, 0.15) is 0 Å². The van der Waals surface area contributed by atoms with E-state index in [1.807, 2.05) is 0 Å². The zero-order valence-electron chi connectivity index (χ0n) is 13.3. The van der Waals surface area contributed by atoms with Crippen LogP contribution in [0.25, 0.3) is 0 Å². The summed E-state index contributed by atoms with van der Waals surface area (Å²) in [6, 6.07) is 0. The van der Waals surface area contributed by atoms with Gasteiger partial charge >= 0.3 is 26.2 Å². The van der Waals surface area contributed by atoms with Crippen molar-refractivity contribution < 1.29 is 133 Å². The Morgan fingerprint density at radius 2 is 0.312 bits per heavy atom. The van der Waals surface area contributed by atoms with Crippen LogP contribution in [-0.2, 0) is 94.7 Å². The van der Waals surface area contributed by atoms with E-state index in [2.05, 4.69) is 0 Å². The van der Waals surface area contributed by atoms with Crippen molar-refractivity contribution in [2.24, 2.45) is 0 Å². The maximum atomic E-state index is 10.1. The van der Waals surface area contributed by atoms with Gasteiger partial charge in [-0.2, -0.15) is 0 Å². The Morgan fingerprint density at radius 3 is 0.312 bits per heavy atom. The summed E-state index contributed by atoms with van der Waals surface area (Å²) in [5, 5.41) is 0. The molecule has 0 aliphatic heterocycles. The standard InChI is InChI=1S/6FHO3S.H4O.Zr/c6*1-5(2,3)4;;/h6*(H,2,3,4);1H4;/q;;;;;;+2;+4/p-6. The fourth-order valence-electron chi connectivity index (χ4n) is 0. The largest absolute Gasteiger partial charge is 4.00 e. The molecule has 0 aliphatic carbocycles. The van der Waals surface area contributed by atoms with E-state index in [4.69, 9.17) is 77.8 Å². The normalized spacial score (nSPS) is 10.9. The van der Waals surface area contributed by atoms with Crippen LogP contribution < -0.4 is 0 Å². The van der Waals surface area contributed by atoms with Gasteiger partial charge in [0.2, 0.25) is 0 Å². The topological polar surface area (TPSA) is 378 Å². The minimum Gasteiger partial charge on any atom is -0.873 e. The van der Waals surface area contributed by atoms with E-state index in [1.54, 1.807) is 0 Å². The smallest absolute Gasteiger partial charge is 0.873 e. The van der Waals surface area contributed by atoms with Crippen LogP contribution in [0.2, 0.25) is 0 Å². The third kappa shape index (κ3) is 1820000. The molecule has 32 heteroatoms. The summed E-state index contributed by atoms with van der Waals surface area (Å²) in [7, 11) is -32.5. The van der Waals surface area contributed by atoms with Gasteiger partial charge in [0.05, 0.1) is 0 Å². The minimum atomic E-state index is -5.42. The number of rotatable bonds is 0. The second-order valence-electron chi connectivity index (χ2n) is 2.36. The fourth-order valence-corrected chi connectivity index (χ4v) is 0. The first-order valence-corrected chi connectivity index (χ1v) is 11.8. The van der Waals surface area contributed by atoms with Gasteiger partial charge in [0.15, 0.2) is 0 Å². The molecule has 0 fully saturated rings. The Hall–Kier alpha value is -0.117. The van der Waals surface area contributed by atoms with Crippen molar-refractivity contribution in [2.75, 3.05) is 0 Å². The molecule has 0 heterocycles. The van der Waals surface area contributed by atoms with Crippen molar-refractivity contribution in [2.45, 2.75) is 0 Å². The summed E-state index contributed by atoms with van der Waals surface area (Å²) >= 11 is 0. The molecule has 0 aromatic heterocycles. The van der Waals surface area contributed by atoms with E-state index in [1.165, 1.54) is 0 Å². The number of halogens is 6. The molecule has 0 rings (SSSR count). The zero-order chi connectivity index (χ0) is 27.0.